The average molecular weight is 184 g/mol. The van der Waals surface area contributed by atoms with Crippen molar-refractivity contribution >= 4 is 11.6 Å². The predicted molar refractivity (Wildman–Crippen MR) is 35.8 cm³/mol. The molecule has 0 atom stereocenters. The fraction of sp³-hybridized carbons (Fsp3) is 0.333. The molecule has 11 heavy (non-hydrogen) atoms. The number of hydrogen-bond acceptors (Lipinski definition) is 1. The van der Waals surface area contributed by atoms with Crippen LogP contribution in [0.25, 0.3) is 0 Å². The molecule has 1 rings (SSSR count). The average Bonchev–Trinajstić information content (AvgIpc) is 2.11. The van der Waals surface area contributed by atoms with Crippen molar-refractivity contribution in [1.82, 2.24) is 0 Å². The number of halogens is 4. The Morgan fingerprint density at radius 3 is 2.18 bits per heavy atom. The lowest BCUT2D eigenvalue weighted by molar-refractivity contribution is -0.0932. The van der Waals surface area contributed by atoms with E-state index in [9.17, 15) is 13.2 Å². The molecule has 0 aromatic rings. The molecule has 0 fully saturated rings. The third-order valence-electron chi connectivity index (χ3n) is 1.41. The van der Waals surface area contributed by atoms with E-state index in [2.05, 4.69) is 0 Å². The SMILES string of the molecule is NC1=C(C(F)(F)F)CC=C1Cl. The Morgan fingerprint density at radius 2 is 2.00 bits per heavy atom. The minimum Gasteiger partial charge on any atom is -0.397 e. The minimum absolute atomic E-state index is 0.00248. The van der Waals surface area contributed by atoms with Crippen molar-refractivity contribution in [1.29, 1.82) is 0 Å². The second-order valence-corrected chi connectivity index (χ2v) is 2.55. The van der Waals surface area contributed by atoms with Crippen molar-refractivity contribution in [2.45, 2.75) is 12.6 Å². The molecule has 0 aromatic heterocycles. The summed E-state index contributed by atoms with van der Waals surface area (Å²) in [5, 5.41) is -0.00248. The zero-order chi connectivity index (χ0) is 8.65. The van der Waals surface area contributed by atoms with Gasteiger partial charge in [0.05, 0.1) is 16.3 Å². The van der Waals surface area contributed by atoms with Gasteiger partial charge in [-0.15, -0.1) is 0 Å². The summed E-state index contributed by atoms with van der Waals surface area (Å²) in [6.07, 6.45) is -3.31. The van der Waals surface area contributed by atoms with E-state index < -0.39 is 11.7 Å². The zero-order valence-corrected chi connectivity index (χ0v) is 6.13. The Balaban J connectivity index is 2.95. The summed E-state index contributed by atoms with van der Waals surface area (Å²) >= 11 is 5.34. The van der Waals surface area contributed by atoms with E-state index in [0.717, 1.165) is 0 Å². The molecular formula is C6H5ClF3N. The summed E-state index contributed by atoms with van der Waals surface area (Å²) in [7, 11) is 0. The van der Waals surface area contributed by atoms with Crippen LogP contribution in [0.4, 0.5) is 13.2 Å². The largest absolute Gasteiger partial charge is 0.415 e. The second kappa shape index (κ2) is 2.44. The van der Waals surface area contributed by atoms with Crippen LogP contribution in [0, 0.1) is 0 Å². The van der Waals surface area contributed by atoms with E-state index in [1.165, 1.54) is 6.08 Å². The third kappa shape index (κ3) is 1.50. The lowest BCUT2D eigenvalue weighted by Gasteiger charge is -2.07. The lowest BCUT2D eigenvalue weighted by Crippen LogP contribution is -2.15. The summed E-state index contributed by atoms with van der Waals surface area (Å²) in [6, 6.07) is 0. The summed E-state index contributed by atoms with van der Waals surface area (Å²) in [5.41, 5.74) is 3.97. The van der Waals surface area contributed by atoms with Gasteiger partial charge in [-0.05, 0) is 6.42 Å². The molecule has 1 nitrogen and oxygen atoms in total. The van der Waals surface area contributed by atoms with Crippen LogP contribution < -0.4 is 5.73 Å². The van der Waals surface area contributed by atoms with Crippen LogP contribution in [0.2, 0.25) is 0 Å². The highest BCUT2D eigenvalue weighted by Crippen LogP contribution is 2.36. The van der Waals surface area contributed by atoms with E-state index in [1.54, 1.807) is 0 Å². The summed E-state index contributed by atoms with van der Waals surface area (Å²) in [4.78, 5) is 0. The molecular weight excluding hydrogens is 179 g/mol. The smallest absolute Gasteiger partial charge is 0.397 e. The van der Waals surface area contributed by atoms with Gasteiger partial charge >= 0.3 is 6.18 Å². The first-order valence-electron chi connectivity index (χ1n) is 2.85. The Morgan fingerprint density at radius 1 is 1.45 bits per heavy atom. The normalized spacial score (nSPS) is 19.1. The Kier molecular flexibility index (Phi) is 1.88. The molecule has 0 heterocycles. The van der Waals surface area contributed by atoms with E-state index in [0.29, 0.717) is 0 Å². The molecule has 0 spiro atoms. The van der Waals surface area contributed by atoms with Crippen LogP contribution in [-0.4, -0.2) is 6.18 Å². The van der Waals surface area contributed by atoms with Crippen LogP contribution in [0.15, 0.2) is 22.4 Å². The van der Waals surface area contributed by atoms with E-state index in [1.807, 2.05) is 0 Å². The van der Waals surface area contributed by atoms with E-state index in [4.69, 9.17) is 17.3 Å². The summed E-state index contributed by atoms with van der Waals surface area (Å²) < 4.78 is 35.9. The number of alkyl halides is 3. The van der Waals surface area contributed by atoms with Gasteiger partial charge in [-0.3, -0.25) is 0 Å². The van der Waals surface area contributed by atoms with Crippen LogP contribution in [0.3, 0.4) is 0 Å². The number of nitrogens with two attached hydrogens (primary N) is 1. The minimum atomic E-state index is -4.35. The fourth-order valence-electron chi connectivity index (χ4n) is 0.824. The maximum Gasteiger partial charge on any atom is 0.415 e. The summed E-state index contributed by atoms with van der Waals surface area (Å²) in [5.74, 6) is 0. The van der Waals surface area contributed by atoms with Crippen molar-refractivity contribution in [3.63, 3.8) is 0 Å². The molecule has 0 saturated heterocycles. The molecule has 0 aliphatic heterocycles. The molecule has 0 unspecified atom stereocenters. The van der Waals surface area contributed by atoms with E-state index in [-0.39, 0.29) is 17.2 Å². The highest BCUT2D eigenvalue weighted by Gasteiger charge is 2.37. The monoisotopic (exact) mass is 183 g/mol. The molecule has 0 amide bonds. The van der Waals surface area contributed by atoms with E-state index >= 15 is 0 Å². The van der Waals surface area contributed by atoms with Gasteiger partial charge in [0.1, 0.15) is 0 Å². The van der Waals surface area contributed by atoms with Gasteiger partial charge in [-0.2, -0.15) is 13.2 Å². The molecule has 0 aromatic carbocycles. The Bertz CT molecular complexity index is 239. The van der Waals surface area contributed by atoms with Crippen LogP contribution in [0.1, 0.15) is 6.42 Å². The number of allylic oxidation sites excluding steroid dienone is 3. The topological polar surface area (TPSA) is 26.0 Å². The van der Waals surface area contributed by atoms with Gasteiger partial charge in [-0.1, -0.05) is 17.7 Å². The first kappa shape index (κ1) is 8.46. The van der Waals surface area contributed by atoms with Gasteiger partial charge in [0, 0.05) is 0 Å². The lowest BCUT2D eigenvalue weighted by atomic mass is 10.2. The molecule has 1 aliphatic carbocycles. The molecule has 0 bridgehead atoms. The number of rotatable bonds is 0. The Labute approximate surface area is 66.3 Å². The Hall–Kier alpha value is -0.640. The van der Waals surface area contributed by atoms with Crippen LogP contribution in [0.5, 0.6) is 0 Å². The first-order valence-corrected chi connectivity index (χ1v) is 3.22. The van der Waals surface area contributed by atoms with Gasteiger partial charge in [0.25, 0.3) is 0 Å². The molecule has 0 saturated carbocycles. The van der Waals surface area contributed by atoms with Crippen LogP contribution >= 0.6 is 11.6 Å². The highest BCUT2D eigenvalue weighted by atomic mass is 35.5. The van der Waals surface area contributed by atoms with Gasteiger partial charge in [0.15, 0.2) is 0 Å². The highest BCUT2D eigenvalue weighted by molar-refractivity contribution is 6.32. The van der Waals surface area contributed by atoms with Crippen molar-refractivity contribution in [2.24, 2.45) is 5.73 Å². The van der Waals surface area contributed by atoms with Crippen molar-refractivity contribution < 1.29 is 13.2 Å². The van der Waals surface area contributed by atoms with Crippen molar-refractivity contribution in [2.75, 3.05) is 0 Å². The zero-order valence-electron chi connectivity index (χ0n) is 5.37. The maximum atomic E-state index is 12.0. The van der Waals surface area contributed by atoms with Crippen LogP contribution in [-0.2, 0) is 0 Å². The summed E-state index contributed by atoms with van der Waals surface area (Å²) in [6.45, 7) is 0. The molecule has 62 valence electrons. The molecule has 2 N–H and O–H groups in total. The van der Waals surface area contributed by atoms with Gasteiger partial charge in [0.2, 0.25) is 0 Å². The predicted octanol–water partition coefficient (Wildman–Crippen LogP) is 2.29. The molecule has 1 aliphatic rings. The first-order chi connectivity index (χ1) is 4.93. The molecule has 5 heteroatoms. The van der Waals surface area contributed by atoms with Gasteiger partial charge in [-0.25, -0.2) is 0 Å². The number of hydrogen-bond donors (Lipinski definition) is 1. The third-order valence-corrected chi connectivity index (χ3v) is 1.77. The fourth-order valence-corrected chi connectivity index (χ4v) is 1.02. The van der Waals surface area contributed by atoms with Crippen molar-refractivity contribution in [3.8, 4) is 0 Å². The molecule has 0 radical (unpaired) electrons. The maximum absolute atomic E-state index is 12.0. The van der Waals surface area contributed by atoms with Crippen molar-refractivity contribution in [3.05, 3.63) is 22.4 Å². The second-order valence-electron chi connectivity index (χ2n) is 2.15. The standard InChI is InChI=1S/C6H5ClF3N/c7-4-2-1-3(5(4)11)6(8,9)10/h2H,1,11H2. The quantitative estimate of drug-likeness (QED) is 0.613. The van der Waals surface area contributed by atoms with Gasteiger partial charge < -0.3 is 5.73 Å².